The van der Waals surface area contributed by atoms with Gasteiger partial charge >= 0.3 is 6.09 Å². The van der Waals surface area contributed by atoms with Crippen LogP contribution in [0.1, 0.15) is 0 Å². The van der Waals surface area contributed by atoms with E-state index in [1.807, 2.05) is 0 Å². The van der Waals surface area contributed by atoms with Crippen LogP contribution in [0.5, 0.6) is 0 Å². The minimum atomic E-state index is -1.21. The molecule has 2 N–H and O–H groups in total. The van der Waals surface area contributed by atoms with Crippen LogP contribution in [0.3, 0.4) is 0 Å². The van der Waals surface area contributed by atoms with Gasteiger partial charge in [0.2, 0.25) is 0 Å². The van der Waals surface area contributed by atoms with Crippen molar-refractivity contribution < 1.29 is 19.4 Å². The fraction of sp³-hybridized carbons (Fsp3) is 0.500. The molecule has 5 heteroatoms. The third-order valence-electron chi connectivity index (χ3n) is 1.53. The van der Waals surface area contributed by atoms with Crippen LogP contribution in [-0.4, -0.2) is 40.4 Å². The molecule has 1 amide bonds. The first-order valence-electron chi connectivity index (χ1n) is 3.11. The lowest BCUT2D eigenvalue weighted by Crippen LogP contribution is -2.37. The zero-order valence-electron chi connectivity index (χ0n) is 5.70. The number of aliphatic hydroxyl groups excluding tert-OH is 1. The highest BCUT2D eigenvalue weighted by atomic mass is 19.1. The lowest BCUT2D eigenvalue weighted by molar-refractivity contribution is 0.123. The van der Waals surface area contributed by atoms with Gasteiger partial charge in [0, 0.05) is 0 Å². The van der Waals surface area contributed by atoms with E-state index in [0.29, 0.717) is 0 Å². The molecule has 1 atom stereocenters. The van der Waals surface area contributed by atoms with Crippen LogP contribution >= 0.6 is 0 Å². The highest BCUT2D eigenvalue weighted by Crippen LogP contribution is 2.16. The Morgan fingerprint density at radius 3 is 2.91 bits per heavy atom. The first kappa shape index (κ1) is 8.00. The lowest BCUT2D eigenvalue weighted by atomic mass is 10.3. The van der Waals surface area contributed by atoms with Crippen LogP contribution in [0.4, 0.5) is 9.18 Å². The summed E-state index contributed by atoms with van der Waals surface area (Å²) >= 11 is 0. The van der Waals surface area contributed by atoms with E-state index in [-0.39, 0.29) is 13.2 Å². The SMILES string of the molecule is O=C(O)N1CC(F)=C[C@@H]1CO. The zero-order chi connectivity index (χ0) is 8.43. The van der Waals surface area contributed by atoms with Crippen molar-refractivity contribution in [1.29, 1.82) is 0 Å². The topological polar surface area (TPSA) is 60.8 Å². The lowest BCUT2D eigenvalue weighted by Gasteiger charge is -2.17. The average molecular weight is 161 g/mol. The number of halogens is 1. The molecule has 1 rings (SSSR count). The molecule has 0 aromatic heterocycles. The normalized spacial score (nSPS) is 23.6. The maximum atomic E-state index is 12.4. The molecule has 1 aliphatic rings. The molecule has 0 radical (unpaired) electrons. The van der Waals surface area contributed by atoms with Crippen LogP contribution in [0, 0.1) is 0 Å². The zero-order valence-corrected chi connectivity index (χ0v) is 5.70. The number of aliphatic hydroxyl groups is 1. The molecule has 0 unspecified atom stereocenters. The van der Waals surface area contributed by atoms with Crippen molar-refractivity contribution >= 4 is 6.09 Å². The Balaban J connectivity index is 2.66. The van der Waals surface area contributed by atoms with Crippen molar-refractivity contribution in [3.05, 3.63) is 11.9 Å². The smallest absolute Gasteiger partial charge is 0.408 e. The number of rotatable bonds is 1. The molecule has 0 aromatic rings. The molecule has 0 aliphatic carbocycles. The van der Waals surface area contributed by atoms with Gasteiger partial charge in [-0.15, -0.1) is 0 Å². The fourth-order valence-corrected chi connectivity index (χ4v) is 0.992. The number of hydrogen-bond acceptors (Lipinski definition) is 2. The average Bonchev–Trinajstić information content (AvgIpc) is 2.30. The van der Waals surface area contributed by atoms with Gasteiger partial charge in [-0.2, -0.15) is 0 Å². The molecule has 62 valence electrons. The number of hydrogen-bond donors (Lipinski definition) is 2. The molecular formula is C6H8FNO3. The van der Waals surface area contributed by atoms with Gasteiger partial charge in [0.25, 0.3) is 0 Å². The van der Waals surface area contributed by atoms with Crippen molar-refractivity contribution in [2.24, 2.45) is 0 Å². The maximum absolute atomic E-state index is 12.4. The van der Waals surface area contributed by atoms with Gasteiger partial charge < -0.3 is 10.2 Å². The van der Waals surface area contributed by atoms with Crippen molar-refractivity contribution in [3.63, 3.8) is 0 Å². The Kier molecular flexibility index (Phi) is 2.09. The molecular weight excluding hydrogens is 153 g/mol. The quantitative estimate of drug-likeness (QED) is 0.577. The Bertz CT molecular complexity index is 204. The number of carboxylic acid groups (broad SMARTS) is 1. The molecule has 0 aromatic carbocycles. The predicted octanol–water partition coefficient (Wildman–Crippen LogP) is 0.194. The molecule has 0 spiro atoms. The van der Waals surface area contributed by atoms with Crippen molar-refractivity contribution in [3.8, 4) is 0 Å². The standard InChI is InChI=1S/C6H8FNO3/c7-4-1-5(3-9)8(2-4)6(10)11/h1,5,9H,2-3H2,(H,10,11)/t5-/m1/s1. The second-order valence-corrected chi connectivity index (χ2v) is 2.27. The van der Waals surface area contributed by atoms with Gasteiger partial charge in [0.15, 0.2) is 0 Å². The van der Waals surface area contributed by atoms with Crippen LogP contribution in [0.15, 0.2) is 11.9 Å². The van der Waals surface area contributed by atoms with E-state index in [4.69, 9.17) is 10.2 Å². The summed E-state index contributed by atoms with van der Waals surface area (Å²) < 4.78 is 12.4. The first-order chi connectivity index (χ1) is 5.15. The number of amides is 1. The maximum Gasteiger partial charge on any atom is 0.408 e. The number of carbonyl (C=O) groups is 1. The highest BCUT2D eigenvalue weighted by Gasteiger charge is 2.28. The Morgan fingerprint density at radius 1 is 1.91 bits per heavy atom. The third kappa shape index (κ3) is 1.48. The highest BCUT2D eigenvalue weighted by molar-refractivity contribution is 5.67. The fourth-order valence-electron chi connectivity index (χ4n) is 0.992. The molecule has 1 aliphatic heterocycles. The molecule has 1 heterocycles. The molecule has 4 nitrogen and oxygen atoms in total. The van der Waals surface area contributed by atoms with E-state index >= 15 is 0 Å². The third-order valence-corrected chi connectivity index (χ3v) is 1.53. The van der Waals surface area contributed by atoms with E-state index in [1.54, 1.807) is 0 Å². The predicted molar refractivity (Wildman–Crippen MR) is 34.8 cm³/mol. The van der Waals surface area contributed by atoms with Gasteiger partial charge in [-0.05, 0) is 6.08 Å². The van der Waals surface area contributed by atoms with Gasteiger partial charge in [-0.1, -0.05) is 0 Å². The van der Waals surface area contributed by atoms with Crippen LogP contribution in [0.25, 0.3) is 0 Å². The Hall–Kier alpha value is -1.10. The van der Waals surface area contributed by atoms with E-state index in [1.165, 1.54) is 0 Å². The Morgan fingerprint density at radius 2 is 2.55 bits per heavy atom. The van der Waals surface area contributed by atoms with Gasteiger partial charge in [-0.3, -0.25) is 4.90 Å². The van der Waals surface area contributed by atoms with E-state index < -0.39 is 18.0 Å². The summed E-state index contributed by atoms with van der Waals surface area (Å²) in [5.74, 6) is -0.508. The summed E-state index contributed by atoms with van der Waals surface area (Å²) in [5, 5.41) is 17.0. The molecule has 0 saturated heterocycles. The minimum Gasteiger partial charge on any atom is -0.465 e. The largest absolute Gasteiger partial charge is 0.465 e. The van der Waals surface area contributed by atoms with E-state index in [9.17, 15) is 9.18 Å². The summed E-state index contributed by atoms with van der Waals surface area (Å²) in [6.07, 6.45) is -0.110. The summed E-state index contributed by atoms with van der Waals surface area (Å²) in [6.45, 7) is -0.625. The molecule has 0 fully saturated rings. The van der Waals surface area contributed by atoms with Gasteiger partial charge in [0.1, 0.15) is 5.83 Å². The Labute approximate surface area is 62.5 Å². The second-order valence-electron chi connectivity index (χ2n) is 2.27. The summed E-state index contributed by atoms with van der Waals surface area (Å²) in [4.78, 5) is 11.2. The van der Waals surface area contributed by atoms with Gasteiger partial charge in [0.05, 0.1) is 19.2 Å². The first-order valence-corrected chi connectivity index (χ1v) is 3.11. The summed E-state index contributed by atoms with van der Waals surface area (Å²) in [6, 6.07) is -0.715. The van der Waals surface area contributed by atoms with Crippen molar-refractivity contribution in [1.82, 2.24) is 4.90 Å². The molecule has 0 bridgehead atoms. The summed E-state index contributed by atoms with van der Waals surface area (Å²) in [7, 11) is 0. The minimum absolute atomic E-state index is 0.249. The second kappa shape index (κ2) is 2.87. The molecule has 0 saturated carbocycles. The molecule has 11 heavy (non-hydrogen) atoms. The van der Waals surface area contributed by atoms with Crippen LogP contribution in [-0.2, 0) is 0 Å². The van der Waals surface area contributed by atoms with Crippen LogP contribution < -0.4 is 0 Å². The van der Waals surface area contributed by atoms with Crippen LogP contribution in [0.2, 0.25) is 0 Å². The van der Waals surface area contributed by atoms with E-state index in [0.717, 1.165) is 11.0 Å². The van der Waals surface area contributed by atoms with Gasteiger partial charge in [-0.25, -0.2) is 9.18 Å². The monoisotopic (exact) mass is 161 g/mol. The number of nitrogens with zero attached hydrogens (tertiary/aromatic N) is 1. The van der Waals surface area contributed by atoms with E-state index in [2.05, 4.69) is 0 Å². The van der Waals surface area contributed by atoms with Crippen molar-refractivity contribution in [2.45, 2.75) is 6.04 Å². The van der Waals surface area contributed by atoms with Crippen molar-refractivity contribution in [2.75, 3.05) is 13.2 Å². The summed E-state index contributed by atoms with van der Waals surface area (Å²) in [5.41, 5.74) is 0.